The van der Waals surface area contributed by atoms with Gasteiger partial charge >= 0.3 is 0 Å². The van der Waals surface area contributed by atoms with Crippen LogP contribution in [0.25, 0.3) is 0 Å². The van der Waals surface area contributed by atoms with Gasteiger partial charge in [-0.1, -0.05) is 6.07 Å². The molecule has 1 aromatic heterocycles. The van der Waals surface area contributed by atoms with Gasteiger partial charge in [-0.15, -0.1) is 0 Å². The number of aryl methyl sites for hydroxylation is 1. The van der Waals surface area contributed by atoms with E-state index in [0.717, 1.165) is 17.3 Å². The van der Waals surface area contributed by atoms with Crippen LogP contribution in [0.3, 0.4) is 0 Å². The van der Waals surface area contributed by atoms with E-state index in [4.69, 9.17) is 9.47 Å². The Labute approximate surface area is 94.4 Å². The van der Waals surface area contributed by atoms with Crippen LogP contribution in [-0.2, 0) is 13.7 Å². The molecule has 0 N–H and O–H groups in total. The van der Waals surface area contributed by atoms with Crippen molar-refractivity contribution in [2.24, 2.45) is 7.05 Å². The van der Waals surface area contributed by atoms with E-state index in [1.807, 2.05) is 42.1 Å². The summed E-state index contributed by atoms with van der Waals surface area (Å²) in [6.07, 6.45) is 3.65. The zero-order valence-corrected chi connectivity index (χ0v) is 9.38. The van der Waals surface area contributed by atoms with Gasteiger partial charge in [0.15, 0.2) is 0 Å². The fourth-order valence-corrected chi connectivity index (χ4v) is 1.37. The number of imidazole rings is 1. The fourth-order valence-electron chi connectivity index (χ4n) is 1.37. The zero-order valence-electron chi connectivity index (χ0n) is 9.38. The molecule has 4 nitrogen and oxygen atoms in total. The summed E-state index contributed by atoms with van der Waals surface area (Å²) in [6, 6.07) is 7.52. The van der Waals surface area contributed by atoms with Crippen molar-refractivity contribution in [1.29, 1.82) is 0 Å². The second-order valence-corrected chi connectivity index (χ2v) is 3.42. The molecule has 1 heterocycles. The van der Waals surface area contributed by atoms with Gasteiger partial charge in [0.1, 0.15) is 23.9 Å². The van der Waals surface area contributed by atoms with E-state index in [1.165, 1.54) is 0 Å². The number of hydrogen-bond donors (Lipinski definition) is 0. The van der Waals surface area contributed by atoms with Gasteiger partial charge < -0.3 is 14.0 Å². The minimum absolute atomic E-state index is 0.455. The van der Waals surface area contributed by atoms with Gasteiger partial charge in [-0.2, -0.15) is 0 Å². The lowest BCUT2D eigenvalue weighted by Gasteiger charge is -2.07. The van der Waals surface area contributed by atoms with Gasteiger partial charge in [-0.05, 0) is 12.1 Å². The Morgan fingerprint density at radius 2 is 2.12 bits per heavy atom. The Morgan fingerprint density at radius 3 is 2.81 bits per heavy atom. The van der Waals surface area contributed by atoms with E-state index in [2.05, 4.69) is 4.98 Å². The van der Waals surface area contributed by atoms with Crippen LogP contribution in [-0.4, -0.2) is 16.7 Å². The van der Waals surface area contributed by atoms with Gasteiger partial charge in [-0.3, -0.25) is 0 Å². The maximum absolute atomic E-state index is 5.61. The summed E-state index contributed by atoms with van der Waals surface area (Å²) in [6.45, 7) is 0.455. The van der Waals surface area contributed by atoms with Gasteiger partial charge in [0.05, 0.1) is 7.11 Å². The van der Waals surface area contributed by atoms with Crippen LogP contribution in [0, 0.1) is 0 Å². The number of aromatic nitrogens is 2. The Hall–Kier alpha value is -1.97. The predicted molar refractivity (Wildman–Crippen MR) is 60.5 cm³/mol. The summed E-state index contributed by atoms with van der Waals surface area (Å²) in [7, 11) is 3.58. The van der Waals surface area contributed by atoms with Gasteiger partial charge in [0.25, 0.3) is 0 Å². The highest BCUT2D eigenvalue weighted by molar-refractivity contribution is 5.32. The fraction of sp³-hybridized carbons (Fsp3) is 0.250. The zero-order chi connectivity index (χ0) is 11.4. The van der Waals surface area contributed by atoms with Crippen LogP contribution in [0.15, 0.2) is 36.7 Å². The standard InChI is InChI=1S/C12H14N2O2/c1-14-7-6-13-12(14)9-16-11-5-3-4-10(8-11)15-2/h3-8H,9H2,1-2H3. The molecule has 0 aliphatic rings. The van der Waals surface area contributed by atoms with Crippen molar-refractivity contribution in [2.75, 3.05) is 7.11 Å². The molecule has 1 aromatic carbocycles. The van der Waals surface area contributed by atoms with Crippen LogP contribution >= 0.6 is 0 Å². The third kappa shape index (κ3) is 2.34. The molecule has 0 radical (unpaired) electrons. The molecule has 0 amide bonds. The SMILES string of the molecule is COc1cccc(OCc2nccn2C)c1. The number of hydrogen-bond acceptors (Lipinski definition) is 3. The highest BCUT2D eigenvalue weighted by atomic mass is 16.5. The average molecular weight is 218 g/mol. The molecule has 0 spiro atoms. The normalized spacial score (nSPS) is 10.1. The molecule has 0 atom stereocenters. The molecule has 0 saturated heterocycles. The molecule has 0 unspecified atom stereocenters. The molecular weight excluding hydrogens is 204 g/mol. The lowest BCUT2D eigenvalue weighted by Crippen LogP contribution is -2.02. The van der Waals surface area contributed by atoms with Crippen molar-refractivity contribution in [3.63, 3.8) is 0 Å². The molecule has 4 heteroatoms. The maximum Gasteiger partial charge on any atom is 0.146 e. The van der Waals surface area contributed by atoms with E-state index < -0.39 is 0 Å². The monoisotopic (exact) mass is 218 g/mol. The van der Waals surface area contributed by atoms with E-state index in [1.54, 1.807) is 13.3 Å². The van der Waals surface area contributed by atoms with Gasteiger partial charge in [0.2, 0.25) is 0 Å². The number of benzene rings is 1. The van der Waals surface area contributed by atoms with Crippen molar-refractivity contribution in [3.05, 3.63) is 42.5 Å². The quantitative estimate of drug-likeness (QED) is 0.787. The summed E-state index contributed by atoms with van der Waals surface area (Å²) in [5.41, 5.74) is 0. The van der Waals surface area contributed by atoms with Crippen molar-refractivity contribution < 1.29 is 9.47 Å². The minimum Gasteiger partial charge on any atom is -0.497 e. The molecule has 84 valence electrons. The predicted octanol–water partition coefficient (Wildman–Crippen LogP) is 2.01. The highest BCUT2D eigenvalue weighted by Crippen LogP contribution is 2.19. The Morgan fingerprint density at radius 1 is 1.31 bits per heavy atom. The number of methoxy groups -OCH3 is 1. The topological polar surface area (TPSA) is 36.3 Å². The number of rotatable bonds is 4. The molecular formula is C12H14N2O2. The molecule has 0 fully saturated rings. The van der Waals surface area contributed by atoms with Crippen LogP contribution < -0.4 is 9.47 Å². The third-order valence-electron chi connectivity index (χ3n) is 2.33. The van der Waals surface area contributed by atoms with Crippen LogP contribution in [0.5, 0.6) is 11.5 Å². The van der Waals surface area contributed by atoms with E-state index in [0.29, 0.717) is 6.61 Å². The van der Waals surface area contributed by atoms with Crippen molar-refractivity contribution >= 4 is 0 Å². The smallest absolute Gasteiger partial charge is 0.146 e. The van der Waals surface area contributed by atoms with E-state index >= 15 is 0 Å². The second kappa shape index (κ2) is 4.70. The largest absolute Gasteiger partial charge is 0.497 e. The average Bonchev–Trinajstić information content (AvgIpc) is 2.72. The van der Waals surface area contributed by atoms with Crippen molar-refractivity contribution in [1.82, 2.24) is 9.55 Å². The van der Waals surface area contributed by atoms with Crippen LogP contribution in [0.2, 0.25) is 0 Å². The molecule has 0 aliphatic carbocycles. The van der Waals surface area contributed by atoms with E-state index in [-0.39, 0.29) is 0 Å². The summed E-state index contributed by atoms with van der Waals surface area (Å²) < 4.78 is 12.7. The summed E-state index contributed by atoms with van der Waals surface area (Å²) in [5, 5.41) is 0. The summed E-state index contributed by atoms with van der Waals surface area (Å²) >= 11 is 0. The lowest BCUT2D eigenvalue weighted by molar-refractivity contribution is 0.289. The van der Waals surface area contributed by atoms with Crippen LogP contribution in [0.4, 0.5) is 0 Å². The molecule has 2 rings (SSSR count). The highest BCUT2D eigenvalue weighted by Gasteiger charge is 2.01. The molecule has 2 aromatic rings. The summed E-state index contributed by atoms with van der Waals surface area (Å²) in [5.74, 6) is 2.46. The first-order valence-electron chi connectivity index (χ1n) is 5.02. The second-order valence-electron chi connectivity index (χ2n) is 3.42. The minimum atomic E-state index is 0.455. The van der Waals surface area contributed by atoms with Gasteiger partial charge in [-0.25, -0.2) is 4.98 Å². The molecule has 0 bridgehead atoms. The Bertz CT molecular complexity index is 466. The molecule has 16 heavy (non-hydrogen) atoms. The lowest BCUT2D eigenvalue weighted by atomic mass is 10.3. The first-order valence-corrected chi connectivity index (χ1v) is 5.02. The maximum atomic E-state index is 5.61. The molecule has 0 aliphatic heterocycles. The Balaban J connectivity index is 2.02. The number of ether oxygens (including phenoxy) is 2. The van der Waals surface area contributed by atoms with E-state index in [9.17, 15) is 0 Å². The number of nitrogens with zero attached hydrogens (tertiary/aromatic N) is 2. The summed E-state index contributed by atoms with van der Waals surface area (Å²) in [4.78, 5) is 4.18. The van der Waals surface area contributed by atoms with Gasteiger partial charge in [0, 0.05) is 25.5 Å². The van der Waals surface area contributed by atoms with Crippen molar-refractivity contribution in [2.45, 2.75) is 6.61 Å². The van der Waals surface area contributed by atoms with Crippen LogP contribution in [0.1, 0.15) is 5.82 Å². The third-order valence-corrected chi connectivity index (χ3v) is 2.33. The Kier molecular flexibility index (Phi) is 3.10. The first kappa shape index (κ1) is 10.5. The molecule has 0 saturated carbocycles. The first-order chi connectivity index (χ1) is 7.79. The van der Waals surface area contributed by atoms with Crippen molar-refractivity contribution in [3.8, 4) is 11.5 Å².